The Balaban J connectivity index is 1.78. The van der Waals surface area contributed by atoms with Crippen molar-refractivity contribution in [3.05, 3.63) is 35.9 Å². The summed E-state index contributed by atoms with van der Waals surface area (Å²) in [7, 11) is 0. The van der Waals surface area contributed by atoms with Gasteiger partial charge in [0.1, 0.15) is 6.67 Å². The standard InChI is InChI=1S/C15H23FN2/c1-13(17-9-8-16)15-7-10-18(12-15)11-14-5-3-2-4-6-14/h2-6,13,15,17H,7-12H2,1H3. The highest BCUT2D eigenvalue weighted by Gasteiger charge is 2.26. The van der Waals surface area contributed by atoms with Crippen LogP contribution in [0.4, 0.5) is 4.39 Å². The minimum absolute atomic E-state index is 0.273. The smallest absolute Gasteiger partial charge is 0.102 e. The third-order valence-corrected chi connectivity index (χ3v) is 3.83. The van der Waals surface area contributed by atoms with Crippen molar-refractivity contribution in [1.82, 2.24) is 10.2 Å². The number of alkyl halides is 1. The third kappa shape index (κ3) is 3.79. The summed E-state index contributed by atoms with van der Waals surface area (Å²) in [4.78, 5) is 2.49. The van der Waals surface area contributed by atoms with E-state index in [0.717, 1.165) is 19.6 Å². The first kappa shape index (κ1) is 13.5. The first-order chi connectivity index (χ1) is 8.79. The number of nitrogens with one attached hydrogen (secondary N) is 1. The molecule has 0 spiro atoms. The summed E-state index contributed by atoms with van der Waals surface area (Å²) in [5.74, 6) is 0.653. The number of hydrogen-bond donors (Lipinski definition) is 1. The summed E-state index contributed by atoms with van der Waals surface area (Å²) in [6, 6.07) is 11.0. The van der Waals surface area contributed by atoms with Gasteiger partial charge in [0.25, 0.3) is 0 Å². The van der Waals surface area contributed by atoms with E-state index in [1.165, 1.54) is 12.0 Å². The van der Waals surface area contributed by atoms with Gasteiger partial charge in [-0.1, -0.05) is 30.3 Å². The molecular formula is C15H23FN2. The molecule has 1 aromatic carbocycles. The highest BCUT2D eigenvalue weighted by atomic mass is 19.1. The molecule has 1 saturated heterocycles. The van der Waals surface area contributed by atoms with Crippen molar-refractivity contribution in [1.29, 1.82) is 0 Å². The molecule has 100 valence electrons. The zero-order valence-corrected chi connectivity index (χ0v) is 11.1. The molecule has 2 atom stereocenters. The van der Waals surface area contributed by atoms with Gasteiger partial charge in [0.15, 0.2) is 0 Å². The van der Waals surface area contributed by atoms with Crippen molar-refractivity contribution in [2.45, 2.75) is 25.9 Å². The van der Waals surface area contributed by atoms with E-state index in [2.05, 4.69) is 47.5 Å². The van der Waals surface area contributed by atoms with Crippen molar-refractivity contribution < 1.29 is 4.39 Å². The van der Waals surface area contributed by atoms with Crippen molar-refractivity contribution in [2.24, 2.45) is 5.92 Å². The zero-order chi connectivity index (χ0) is 12.8. The largest absolute Gasteiger partial charge is 0.311 e. The van der Waals surface area contributed by atoms with E-state index >= 15 is 0 Å². The third-order valence-electron chi connectivity index (χ3n) is 3.83. The van der Waals surface area contributed by atoms with E-state index in [1.54, 1.807) is 0 Å². The van der Waals surface area contributed by atoms with Gasteiger partial charge in [0.05, 0.1) is 0 Å². The molecule has 1 aromatic rings. The zero-order valence-electron chi connectivity index (χ0n) is 11.1. The summed E-state index contributed by atoms with van der Waals surface area (Å²) in [6.07, 6.45) is 1.22. The Bertz CT molecular complexity index is 342. The predicted molar refractivity (Wildman–Crippen MR) is 73.3 cm³/mol. The molecule has 2 unspecified atom stereocenters. The Hall–Kier alpha value is -0.930. The van der Waals surface area contributed by atoms with Crippen LogP contribution in [-0.4, -0.2) is 37.3 Å². The molecule has 18 heavy (non-hydrogen) atoms. The normalized spacial score (nSPS) is 22.2. The second-order valence-corrected chi connectivity index (χ2v) is 5.20. The van der Waals surface area contributed by atoms with Crippen LogP contribution >= 0.6 is 0 Å². The summed E-state index contributed by atoms with van der Waals surface area (Å²) in [6.45, 7) is 5.69. The van der Waals surface area contributed by atoms with Crippen molar-refractivity contribution >= 4 is 0 Å². The van der Waals surface area contributed by atoms with Crippen molar-refractivity contribution in [3.8, 4) is 0 Å². The number of benzene rings is 1. The number of halogens is 1. The van der Waals surface area contributed by atoms with Gasteiger partial charge >= 0.3 is 0 Å². The van der Waals surface area contributed by atoms with E-state index in [9.17, 15) is 4.39 Å². The Morgan fingerprint density at radius 3 is 2.89 bits per heavy atom. The fourth-order valence-corrected chi connectivity index (χ4v) is 2.70. The summed E-state index contributed by atoms with van der Waals surface area (Å²) >= 11 is 0. The molecule has 0 saturated carbocycles. The molecule has 0 bridgehead atoms. The molecule has 0 aromatic heterocycles. The summed E-state index contributed by atoms with van der Waals surface area (Å²) in [5, 5.41) is 3.26. The fraction of sp³-hybridized carbons (Fsp3) is 0.600. The maximum absolute atomic E-state index is 12.1. The van der Waals surface area contributed by atoms with Gasteiger partial charge in [-0.15, -0.1) is 0 Å². The first-order valence-electron chi connectivity index (χ1n) is 6.85. The van der Waals surface area contributed by atoms with E-state index in [0.29, 0.717) is 18.5 Å². The maximum Gasteiger partial charge on any atom is 0.102 e. The molecule has 0 aliphatic carbocycles. The highest BCUT2D eigenvalue weighted by Crippen LogP contribution is 2.21. The minimum atomic E-state index is -0.273. The van der Waals surface area contributed by atoms with Crippen LogP contribution < -0.4 is 5.32 Å². The number of hydrogen-bond acceptors (Lipinski definition) is 2. The van der Waals surface area contributed by atoms with Crippen LogP contribution in [-0.2, 0) is 6.54 Å². The van der Waals surface area contributed by atoms with E-state index in [4.69, 9.17) is 0 Å². The lowest BCUT2D eigenvalue weighted by molar-refractivity contribution is 0.294. The van der Waals surface area contributed by atoms with Crippen LogP contribution in [0.5, 0.6) is 0 Å². The highest BCUT2D eigenvalue weighted by molar-refractivity contribution is 5.14. The number of nitrogens with zero attached hydrogens (tertiary/aromatic N) is 1. The molecule has 0 radical (unpaired) electrons. The molecule has 1 aliphatic rings. The molecule has 0 amide bonds. The van der Waals surface area contributed by atoms with Crippen LogP contribution in [0, 0.1) is 5.92 Å². The van der Waals surface area contributed by atoms with Crippen molar-refractivity contribution in [3.63, 3.8) is 0 Å². The van der Waals surface area contributed by atoms with Gasteiger partial charge in [-0.25, -0.2) is 4.39 Å². The summed E-state index contributed by atoms with van der Waals surface area (Å²) in [5.41, 5.74) is 1.38. The van der Waals surface area contributed by atoms with E-state index in [-0.39, 0.29) is 6.67 Å². The molecule has 3 heteroatoms. The average molecular weight is 250 g/mol. The molecule has 1 fully saturated rings. The van der Waals surface area contributed by atoms with Crippen LogP contribution in [0.1, 0.15) is 18.9 Å². The van der Waals surface area contributed by atoms with Gasteiger partial charge in [0.2, 0.25) is 0 Å². The Labute approximate surface area is 109 Å². The van der Waals surface area contributed by atoms with E-state index < -0.39 is 0 Å². The lowest BCUT2D eigenvalue weighted by atomic mass is 10.0. The molecule has 1 N–H and O–H groups in total. The van der Waals surface area contributed by atoms with E-state index in [1.807, 2.05) is 0 Å². The van der Waals surface area contributed by atoms with Gasteiger partial charge in [-0.2, -0.15) is 0 Å². The van der Waals surface area contributed by atoms with Gasteiger partial charge in [-0.3, -0.25) is 4.90 Å². The molecule has 1 heterocycles. The Morgan fingerprint density at radius 1 is 1.39 bits per heavy atom. The monoisotopic (exact) mass is 250 g/mol. The van der Waals surface area contributed by atoms with Crippen LogP contribution in [0.15, 0.2) is 30.3 Å². The van der Waals surface area contributed by atoms with Crippen LogP contribution in [0.25, 0.3) is 0 Å². The molecule has 2 nitrogen and oxygen atoms in total. The average Bonchev–Trinajstić information content (AvgIpc) is 2.86. The quantitative estimate of drug-likeness (QED) is 0.834. The predicted octanol–water partition coefficient (Wildman–Crippen LogP) is 2.46. The first-order valence-corrected chi connectivity index (χ1v) is 6.85. The van der Waals surface area contributed by atoms with Gasteiger partial charge in [-0.05, 0) is 31.4 Å². The molecule has 2 rings (SSSR count). The molecular weight excluding hydrogens is 227 g/mol. The fourth-order valence-electron chi connectivity index (χ4n) is 2.70. The summed E-state index contributed by atoms with van der Waals surface area (Å²) < 4.78 is 12.1. The Morgan fingerprint density at radius 2 is 2.17 bits per heavy atom. The van der Waals surface area contributed by atoms with Crippen LogP contribution in [0.2, 0.25) is 0 Å². The van der Waals surface area contributed by atoms with Crippen LogP contribution in [0.3, 0.4) is 0 Å². The van der Waals surface area contributed by atoms with Gasteiger partial charge in [0, 0.05) is 25.7 Å². The molecule has 1 aliphatic heterocycles. The maximum atomic E-state index is 12.1. The lowest BCUT2D eigenvalue weighted by Gasteiger charge is -2.21. The second kappa shape index (κ2) is 6.86. The number of likely N-dealkylation sites (tertiary alicyclic amines) is 1. The van der Waals surface area contributed by atoms with Gasteiger partial charge < -0.3 is 5.32 Å². The number of rotatable bonds is 6. The second-order valence-electron chi connectivity index (χ2n) is 5.20. The SMILES string of the molecule is CC(NCCF)C1CCN(Cc2ccccc2)C1. The topological polar surface area (TPSA) is 15.3 Å². The van der Waals surface area contributed by atoms with Crippen molar-refractivity contribution in [2.75, 3.05) is 26.3 Å². The minimum Gasteiger partial charge on any atom is -0.311 e. The Kier molecular flexibility index (Phi) is 5.14. The lowest BCUT2D eigenvalue weighted by Crippen LogP contribution is -2.36.